The van der Waals surface area contributed by atoms with Gasteiger partial charge < -0.3 is 26.2 Å². The number of aliphatic hydroxyl groups is 1. The molecule has 5 N–H and O–H groups in total. The third kappa shape index (κ3) is 6.37. The van der Waals surface area contributed by atoms with E-state index >= 15 is 0 Å². The average Bonchev–Trinajstić information content (AvgIpc) is 3.26. The van der Waals surface area contributed by atoms with E-state index in [0.717, 1.165) is 6.07 Å². The Balaban J connectivity index is 1.56. The summed E-state index contributed by atoms with van der Waals surface area (Å²) >= 11 is 0. The Hall–Kier alpha value is -4.65. The van der Waals surface area contributed by atoms with Crippen LogP contribution in [-0.4, -0.2) is 44.2 Å². The predicted molar refractivity (Wildman–Crippen MR) is 133 cm³/mol. The van der Waals surface area contributed by atoms with Gasteiger partial charge in [0.15, 0.2) is 0 Å². The number of nitrogens with one attached hydrogen (secondary N) is 2. The molecular weight excluding hydrogens is 505 g/mol. The van der Waals surface area contributed by atoms with Crippen LogP contribution in [0.2, 0.25) is 0 Å². The SMILES string of the molecule is CC(O)CNc1ccc(NC(=O)n2ccc3ccc(Oc4cc(CC(N)=O)ncn4)cc32)cc1C(F)(F)F. The second kappa shape index (κ2) is 10.8. The van der Waals surface area contributed by atoms with Crippen molar-refractivity contribution in [3.05, 3.63) is 72.3 Å². The number of carbonyl (C=O) groups excluding carboxylic acids is 2. The summed E-state index contributed by atoms with van der Waals surface area (Å²) in [6, 6.07) is 10.7. The van der Waals surface area contributed by atoms with Crippen LogP contribution in [0.4, 0.5) is 29.3 Å². The van der Waals surface area contributed by atoms with Gasteiger partial charge in [-0.1, -0.05) is 0 Å². The molecule has 2 aromatic heterocycles. The van der Waals surface area contributed by atoms with Crippen LogP contribution in [0.1, 0.15) is 18.2 Å². The third-order valence-electron chi connectivity index (χ3n) is 5.32. The van der Waals surface area contributed by atoms with Crippen molar-refractivity contribution in [3.8, 4) is 11.6 Å². The number of aliphatic hydroxyl groups excluding tert-OH is 1. The number of benzene rings is 2. The van der Waals surface area contributed by atoms with E-state index < -0.39 is 29.8 Å². The molecule has 0 saturated heterocycles. The third-order valence-corrected chi connectivity index (χ3v) is 5.32. The van der Waals surface area contributed by atoms with Crippen molar-refractivity contribution in [2.24, 2.45) is 5.73 Å². The van der Waals surface area contributed by atoms with Crippen molar-refractivity contribution in [3.63, 3.8) is 0 Å². The number of nitrogens with zero attached hydrogens (tertiary/aromatic N) is 3. The second-order valence-corrected chi connectivity index (χ2v) is 8.42. The quantitative estimate of drug-likeness (QED) is 0.269. The minimum atomic E-state index is -4.69. The molecule has 0 fully saturated rings. The summed E-state index contributed by atoms with van der Waals surface area (Å²) in [5.74, 6) is -0.0862. The van der Waals surface area contributed by atoms with Gasteiger partial charge >= 0.3 is 12.2 Å². The first-order chi connectivity index (χ1) is 18.0. The molecular formula is C25H23F3N6O4. The zero-order valence-electron chi connectivity index (χ0n) is 20.0. The molecule has 1 unspecified atom stereocenters. The number of ether oxygens (including phenoxy) is 1. The Morgan fingerprint density at radius 2 is 1.92 bits per heavy atom. The number of hydrogen-bond acceptors (Lipinski definition) is 7. The first-order valence-corrected chi connectivity index (χ1v) is 11.3. The molecule has 10 nitrogen and oxygen atoms in total. The van der Waals surface area contributed by atoms with E-state index in [1.54, 1.807) is 24.3 Å². The lowest BCUT2D eigenvalue weighted by molar-refractivity contribution is -0.137. The summed E-state index contributed by atoms with van der Waals surface area (Å²) < 4.78 is 47.8. The van der Waals surface area contributed by atoms with Crippen molar-refractivity contribution in [2.75, 3.05) is 17.2 Å². The highest BCUT2D eigenvalue weighted by atomic mass is 19.4. The lowest BCUT2D eigenvalue weighted by Crippen LogP contribution is -2.20. The molecule has 1 atom stereocenters. The largest absolute Gasteiger partial charge is 0.439 e. The zero-order chi connectivity index (χ0) is 27.4. The highest BCUT2D eigenvalue weighted by Gasteiger charge is 2.34. The number of amides is 2. The van der Waals surface area contributed by atoms with Gasteiger partial charge in [-0.25, -0.2) is 14.8 Å². The van der Waals surface area contributed by atoms with Crippen LogP contribution in [-0.2, 0) is 17.4 Å². The van der Waals surface area contributed by atoms with E-state index in [1.807, 2.05) is 0 Å². The average molecular weight is 528 g/mol. The molecule has 2 aromatic carbocycles. The molecule has 4 aromatic rings. The monoisotopic (exact) mass is 528 g/mol. The van der Waals surface area contributed by atoms with Gasteiger partial charge in [0.05, 0.1) is 29.3 Å². The van der Waals surface area contributed by atoms with Crippen LogP contribution in [0.3, 0.4) is 0 Å². The molecule has 2 heterocycles. The number of halogens is 3. The molecule has 38 heavy (non-hydrogen) atoms. The fraction of sp³-hybridized carbons (Fsp3) is 0.200. The molecule has 0 spiro atoms. The fourth-order valence-corrected chi connectivity index (χ4v) is 3.63. The Labute approximate surface area is 214 Å². The summed E-state index contributed by atoms with van der Waals surface area (Å²) in [6.45, 7) is 1.37. The summed E-state index contributed by atoms with van der Waals surface area (Å²) in [6.07, 6.45) is -2.93. The van der Waals surface area contributed by atoms with E-state index in [1.165, 1.54) is 42.2 Å². The van der Waals surface area contributed by atoms with Gasteiger partial charge in [-0.05, 0) is 43.3 Å². The van der Waals surface area contributed by atoms with Crippen LogP contribution in [0.25, 0.3) is 10.9 Å². The fourth-order valence-electron chi connectivity index (χ4n) is 3.63. The number of anilines is 2. The molecule has 0 radical (unpaired) electrons. The number of hydrogen-bond donors (Lipinski definition) is 4. The number of fused-ring (bicyclic) bond motifs is 1. The number of aromatic nitrogens is 3. The molecule has 198 valence electrons. The van der Waals surface area contributed by atoms with Crippen molar-refractivity contribution in [2.45, 2.75) is 25.6 Å². The van der Waals surface area contributed by atoms with E-state index in [0.29, 0.717) is 22.3 Å². The Morgan fingerprint density at radius 3 is 2.63 bits per heavy atom. The summed E-state index contributed by atoms with van der Waals surface area (Å²) in [4.78, 5) is 32.1. The standard InChI is InChI=1S/C25H23F3N6O4/c1-14(35)12-30-20-5-3-16(8-19(20)25(26,27)28)33-24(37)34-7-6-15-2-4-18(11-21(15)34)38-23-10-17(9-22(29)36)31-13-32-23/h2-8,10-11,13-14,30,35H,9,12H2,1H3,(H2,29,36)(H,33,37). The maximum atomic E-state index is 13.6. The zero-order valence-corrected chi connectivity index (χ0v) is 20.0. The van der Waals surface area contributed by atoms with Crippen molar-refractivity contribution in [1.29, 1.82) is 0 Å². The Bertz CT molecular complexity index is 1490. The second-order valence-electron chi connectivity index (χ2n) is 8.42. The molecule has 4 rings (SSSR count). The van der Waals surface area contributed by atoms with Gasteiger partial charge in [-0.15, -0.1) is 0 Å². The topological polar surface area (TPSA) is 144 Å². The molecule has 0 saturated carbocycles. The smallest absolute Gasteiger partial charge is 0.418 e. The minimum absolute atomic E-state index is 0.0675. The molecule has 0 aliphatic carbocycles. The van der Waals surface area contributed by atoms with Crippen LogP contribution in [0.15, 0.2) is 61.1 Å². The van der Waals surface area contributed by atoms with Crippen molar-refractivity contribution < 1.29 is 32.6 Å². The summed E-state index contributed by atoms with van der Waals surface area (Å²) in [7, 11) is 0. The van der Waals surface area contributed by atoms with Gasteiger partial charge in [0.1, 0.15) is 12.1 Å². The number of primary amides is 1. The van der Waals surface area contributed by atoms with Gasteiger partial charge in [0.2, 0.25) is 11.8 Å². The summed E-state index contributed by atoms with van der Waals surface area (Å²) in [5.41, 5.74) is 4.73. The number of carbonyl (C=O) groups is 2. The first-order valence-electron chi connectivity index (χ1n) is 11.3. The molecule has 0 bridgehead atoms. The lowest BCUT2D eigenvalue weighted by atomic mass is 10.1. The van der Waals surface area contributed by atoms with Gasteiger partial charge in [-0.3, -0.25) is 9.36 Å². The number of alkyl halides is 3. The molecule has 2 amide bonds. The van der Waals surface area contributed by atoms with Crippen LogP contribution in [0.5, 0.6) is 11.6 Å². The lowest BCUT2D eigenvalue weighted by Gasteiger charge is -2.17. The normalized spacial score (nSPS) is 12.2. The number of rotatable bonds is 8. The highest BCUT2D eigenvalue weighted by Crippen LogP contribution is 2.37. The van der Waals surface area contributed by atoms with Crippen molar-refractivity contribution in [1.82, 2.24) is 14.5 Å². The first kappa shape index (κ1) is 26.4. The van der Waals surface area contributed by atoms with Crippen LogP contribution in [0, 0.1) is 0 Å². The van der Waals surface area contributed by atoms with E-state index in [9.17, 15) is 27.9 Å². The summed E-state index contributed by atoms with van der Waals surface area (Å²) in [5, 5.41) is 15.1. The molecule has 0 aliphatic rings. The number of nitrogens with two attached hydrogens (primary N) is 1. The van der Waals surface area contributed by atoms with Crippen LogP contribution < -0.4 is 21.1 Å². The van der Waals surface area contributed by atoms with E-state index in [2.05, 4.69) is 20.6 Å². The Morgan fingerprint density at radius 1 is 1.13 bits per heavy atom. The molecule has 0 aliphatic heterocycles. The van der Waals surface area contributed by atoms with Gasteiger partial charge in [-0.2, -0.15) is 13.2 Å². The van der Waals surface area contributed by atoms with Crippen LogP contribution >= 0.6 is 0 Å². The highest BCUT2D eigenvalue weighted by molar-refractivity contribution is 5.99. The minimum Gasteiger partial charge on any atom is -0.439 e. The van der Waals surface area contributed by atoms with Gasteiger partial charge in [0.25, 0.3) is 0 Å². The van der Waals surface area contributed by atoms with Crippen molar-refractivity contribution >= 4 is 34.2 Å². The predicted octanol–water partition coefficient (Wildman–Crippen LogP) is 4.14. The van der Waals surface area contributed by atoms with E-state index in [-0.39, 0.29) is 30.2 Å². The maximum absolute atomic E-state index is 13.6. The maximum Gasteiger partial charge on any atom is 0.418 e. The Kier molecular flexibility index (Phi) is 7.48. The van der Waals surface area contributed by atoms with Gasteiger partial charge in [0, 0.05) is 41.6 Å². The molecule has 13 heteroatoms. The van der Waals surface area contributed by atoms with E-state index in [4.69, 9.17) is 10.5 Å².